The first-order valence-corrected chi connectivity index (χ1v) is 11.2. The van der Waals surface area contributed by atoms with E-state index in [2.05, 4.69) is 15.9 Å². The van der Waals surface area contributed by atoms with E-state index in [4.69, 9.17) is 0 Å². The second-order valence-electron chi connectivity index (χ2n) is 6.21. The average Bonchev–Trinajstić information content (AvgIpc) is 2.50. The van der Waals surface area contributed by atoms with Gasteiger partial charge in [-0.2, -0.15) is 17.9 Å². The Kier molecular flexibility index (Phi) is 7.05. The van der Waals surface area contributed by atoms with Crippen molar-refractivity contribution < 1.29 is 21.6 Å². The molecule has 0 aliphatic heterocycles. The van der Waals surface area contributed by atoms with Gasteiger partial charge in [0, 0.05) is 15.1 Å². The fourth-order valence-electron chi connectivity index (χ4n) is 2.74. The number of thioether (sulfide) groups is 1. The van der Waals surface area contributed by atoms with Crippen molar-refractivity contribution >= 4 is 37.7 Å². The zero-order valence-electron chi connectivity index (χ0n) is 14.9. The van der Waals surface area contributed by atoms with Crippen LogP contribution < -0.4 is 4.72 Å². The van der Waals surface area contributed by atoms with Crippen LogP contribution in [-0.2, 0) is 10.0 Å². The zero-order chi connectivity index (χ0) is 20.4. The summed E-state index contributed by atoms with van der Waals surface area (Å²) in [4.78, 5) is 0.519. The minimum Gasteiger partial charge on any atom is -0.207 e. The monoisotopic (exact) mass is 481 g/mol. The Morgan fingerprint density at radius 3 is 2.07 bits per heavy atom. The van der Waals surface area contributed by atoms with Gasteiger partial charge in [0.2, 0.25) is 10.0 Å². The van der Waals surface area contributed by atoms with Crippen LogP contribution in [0.5, 0.6) is 0 Å². The summed E-state index contributed by atoms with van der Waals surface area (Å²) < 4.78 is 68.4. The van der Waals surface area contributed by atoms with Crippen LogP contribution in [0.25, 0.3) is 0 Å². The summed E-state index contributed by atoms with van der Waals surface area (Å²) in [7, 11) is -4.32. The van der Waals surface area contributed by atoms with Gasteiger partial charge in [0.1, 0.15) is 6.04 Å². The van der Waals surface area contributed by atoms with Crippen LogP contribution in [0.4, 0.5) is 13.2 Å². The second-order valence-corrected chi connectivity index (χ2v) is 9.87. The van der Waals surface area contributed by atoms with Gasteiger partial charge < -0.3 is 0 Å². The molecule has 1 N–H and O–H groups in total. The molecule has 148 valence electrons. The lowest BCUT2D eigenvalue weighted by molar-refractivity contribution is -0.145. The Balaban J connectivity index is 2.26. The highest BCUT2D eigenvalue weighted by molar-refractivity contribution is 9.10. The highest BCUT2D eigenvalue weighted by Crippen LogP contribution is 2.30. The van der Waals surface area contributed by atoms with Gasteiger partial charge in [-0.1, -0.05) is 33.6 Å². The van der Waals surface area contributed by atoms with Crippen molar-refractivity contribution in [2.75, 3.05) is 5.75 Å². The van der Waals surface area contributed by atoms with Gasteiger partial charge in [-0.3, -0.25) is 0 Å². The van der Waals surface area contributed by atoms with Crippen LogP contribution in [-0.4, -0.2) is 26.4 Å². The Labute approximate surface area is 169 Å². The lowest BCUT2D eigenvalue weighted by Crippen LogP contribution is -2.47. The molecule has 0 aliphatic rings. The molecule has 3 nitrogen and oxygen atoms in total. The standard InChI is InChI=1S/C18H19BrF3NO2S2/c1-11-8-12(2)17(13(3)9-11)27(24,25)23-16(18(20,21)22)10-26-15-6-4-14(19)5-7-15/h4-9,16,23H,10H2,1-3H3. The molecule has 0 aromatic heterocycles. The molecule has 0 saturated carbocycles. The van der Waals surface area contributed by atoms with E-state index in [1.54, 1.807) is 57.2 Å². The van der Waals surface area contributed by atoms with E-state index in [1.807, 2.05) is 4.72 Å². The Morgan fingerprint density at radius 2 is 1.59 bits per heavy atom. The minimum atomic E-state index is -4.71. The SMILES string of the molecule is Cc1cc(C)c(S(=O)(=O)NC(CSc2ccc(Br)cc2)C(F)(F)F)c(C)c1. The van der Waals surface area contributed by atoms with Crippen LogP contribution in [0.2, 0.25) is 0 Å². The van der Waals surface area contributed by atoms with Crippen LogP contribution >= 0.6 is 27.7 Å². The zero-order valence-corrected chi connectivity index (χ0v) is 18.1. The van der Waals surface area contributed by atoms with Gasteiger partial charge in [0.15, 0.2) is 0 Å². The number of hydrogen-bond donors (Lipinski definition) is 1. The summed E-state index contributed by atoms with van der Waals surface area (Å²) in [6, 6.07) is 7.86. The molecule has 27 heavy (non-hydrogen) atoms. The molecule has 0 radical (unpaired) electrons. The minimum absolute atomic E-state index is 0.101. The molecule has 9 heteroatoms. The number of hydrogen-bond acceptors (Lipinski definition) is 3. The van der Waals surface area contributed by atoms with Gasteiger partial charge in [-0.15, -0.1) is 11.8 Å². The number of rotatable bonds is 6. The van der Waals surface area contributed by atoms with Gasteiger partial charge in [-0.25, -0.2) is 8.42 Å². The molecule has 0 aliphatic carbocycles. The van der Waals surface area contributed by atoms with E-state index in [1.165, 1.54) is 0 Å². The normalized spacial score (nSPS) is 13.6. The molecule has 0 fully saturated rings. The maximum Gasteiger partial charge on any atom is 0.405 e. The summed E-state index contributed by atoms with van der Waals surface area (Å²) in [5, 5.41) is 0. The molecule has 0 saturated heterocycles. The summed E-state index contributed by atoms with van der Waals surface area (Å²) in [5.41, 5.74) is 1.69. The van der Waals surface area contributed by atoms with Crippen LogP contribution in [0.1, 0.15) is 16.7 Å². The van der Waals surface area contributed by atoms with Crippen LogP contribution in [0.3, 0.4) is 0 Å². The molecule has 2 aromatic rings. The first kappa shape index (κ1) is 22.3. The van der Waals surface area contributed by atoms with E-state index in [0.29, 0.717) is 16.0 Å². The predicted molar refractivity (Wildman–Crippen MR) is 106 cm³/mol. The summed E-state index contributed by atoms with van der Waals surface area (Å²) in [6.45, 7) is 4.96. The quantitative estimate of drug-likeness (QED) is 0.563. The van der Waals surface area contributed by atoms with Gasteiger partial charge >= 0.3 is 6.18 Å². The van der Waals surface area contributed by atoms with Gasteiger partial charge in [0.25, 0.3) is 0 Å². The first-order chi connectivity index (χ1) is 12.4. The smallest absolute Gasteiger partial charge is 0.207 e. The lowest BCUT2D eigenvalue weighted by atomic mass is 10.1. The maximum absolute atomic E-state index is 13.5. The van der Waals surface area contributed by atoms with Crippen molar-refractivity contribution in [1.29, 1.82) is 0 Å². The van der Waals surface area contributed by atoms with Crippen molar-refractivity contribution in [2.45, 2.75) is 42.8 Å². The molecule has 0 heterocycles. The predicted octanol–water partition coefficient (Wildman–Crippen LogP) is 5.38. The summed E-state index contributed by atoms with van der Waals surface area (Å²) in [5.74, 6) is -0.464. The number of benzene rings is 2. The van der Waals surface area contributed by atoms with Crippen LogP contribution in [0, 0.1) is 20.8 Å². The number of halogens is 4. The third kappa shape index (κ3) is 5.97. The fraction of sp³-hybridized carbons (Fsp3) is 0.333. The molecule has 1 unspecified atom stereocenters. The third-order valence-electron chi connectivity index (χ3n) is 3.80. The van der Waals surface area contributed by atoms with E-state index < -0.39 is 28.0 Å². The van der Waals surface area contributed by atoms with E-state index in [0.717, 1.165) is 21.8 Å². The molecular weight excluding hydrogens is 463 g/mol. The van der Waals surface area contributed by atoms with E-state index in [9.17, 15) is 21.6 Å². The summed E-state index contributed by atoms with van der Waals surface area (Å²) in [6.07, 6.45) is -4.71. The van der Waals surface area contributed by atoms with Crippen LogP contribution in [0.15, 0.2) is 50.7 Å². The highest BCUT2D eigenvalue weighted by Gasteiger charge is 2.42. The highest BCUT2D eigenvalue weighted by atomic mass is 79.9. The fourth-order valence-corrected chi connectivity index (χ4v) is 5.75. The number of sulfonamides is 1. The van der Waals surface area contributed by atoms with Gasteiger partial charge in [-0.05, 0) is 56.2 Å². The first-order valence-electron chi connectivity index (χ1n) is 7.95. The molecule has 0 bridgehead atoms. The van der Waals surface area contributed by atoms with Crippen molar-refractivity contribution in [2.24, 2.45) is 0 Å². The topological polar surface area (TPSA) is 46.2 Å². The second kappa shape index (κ2) is 8.55. The Morgan fingerprint density at radius 1 is 1.07 bits per heavy atom. The molecule has 1 atom stereocenters. The Bertz CT molecular complexity index is 890. The average molecular weight is 482 g/mol. The third-order valence-corrected chi connectivity index (χ3v) is 7.21. The Hall–Kier alpha value is -1.03. The largest absolute Gasteiger partial charge is 0.405 e. The van der Waals surface area contributed by atoms with E-state index >= 15 is 0 Å². The molecule has 2 aromatic carbocycles. The van der Waals surface area contributed by atoms with Crippen molar-refractivity contribution in [1.82, 2.24) is 4.72 Å². The van der Waals surface area contributed by atoms with Gasteiger partial charge in [0.05, 0.1) is 4.90 Å². The maximum atomic E-state index is 13.5. The number of aryl methyl sites for hydroxylation is 3. The van der Waals surface area contributed by atoms with Crippen molar-refractivity contribution in [3.63, 3.8) is 0 Å². The molecule has 0 amide bonds. The van der Waals surface area contributed by atoms with Crippen molar-refractivity contribution in [3.8, 4) is 0 Å². The molecule has 2 rings (SSSR count). The van der Waals surface area contributed by atoms with Crippen molar-refractivity contribution in [3.05, 3.63) is 57.6 Å². The summed E-state index contributed by atoms with van der Waals surface area (Å²) >= 11 is 4.20. The number of alkyl halides is 3. The van der Waals surface area contributed by atoms with E-state index in [-0.39, 0.29) is 4.90 Å². The lowest BCUT2D eigenvalue weighted by Gasteiger charge is -2.22. The molecular formula is C18H19BrF3NO2S2. The number of nitrogens with one attached hydrogen (secondary N) is 1. The molecule has 0 spiro atoms.